The van der Waals surface area contributed by atoms with Crippen molar-refractivity contribution in [2.75, 3.05) is 0 Å². The second-order valence-corrected chi connectivity index (χ2v) is 6.93. The van der Waals surface area contributed by atoms with Crippen molar-refractivity contribution in [3.8, 4) is 5.75 Å². The fourth-order valence-corrected chi connectivity index (χ4v) is 3.13. The number of aryl methyl sites for hydroxylation is 1. The number of nitrogens with zero attached hydrogens (tertiary/aromatic N) is 2. The maximum Gasteiger partial charge on any atom is 0.195 e. The fourth-order valence-electron chi connectivity index (χ4n) is 2.87. The van der Waals surface area contributed by atoms with Gasteiger partial charge in [-0.05, 0) is 38.0 Å². The molecule has 2 aromatic heterocycles. The lowest BCUT2D eigenvalue weighted by Gasteiger charge is -2.09. The maximum atomic E-state index is 8.04. The highest BCUT2D eigenvalue weighted by molar-refractivity contribution is 6.37. The molecule has 5 N–H and O–H groups in total. The van der Waals surface area contributed by atoms with Crippen molar-refractivity contribution < 1.29 is 4.74 Å². The molecule has 1 aliphatic carbocycles. The third-order valence-corrected chi connectivity index (χ3v) is 4.66. The number of nitrogens with one attached hydrogen (secondary N) is 3. The fraction of sp³-hybridized carbons (Fsp3) is 0.278. The van der Waals surface area contributed by atoms with Gasteiger partial charge in [-0.15, -0.1) is 0 Å². The zero-order valence-corrected chi connectivity index (χ0v) is 15.0. The van der Waals surface area contributed by atoms with Gasteiger partial charge in [0.25, 0.3) is 0 Å². The predicted molar refractivity (Wildman–Crippen MR) is 103 cm³/mol. The first-order chi connectivity index (χ1) is 12.5. The summed E-state index contributed by atoms with van der Waals surface area (Å²) in [7, 11) is 0. The van der Waals surface area contributed by atoms with E-state index in [0.29, 0.717) is 22.5 Å². The van der Waals surface area contributed by atoms with E-state index >= 15 is 0 Å². The molecule has 0 unspecified atom stereocenters. The number of amidine groups is 1. The van der Waals surface area contributed by atoms with Gasteiger partial charge >= 0.3 is 0 Å². The first-order valence-corrected chi connectivity index (χ1v) is 8.79. The second-order valence-electron chi connectivity index (χ2n) is 6.55. The van der Waals surface area contributed by atoms with Crippen LogP contribution in [0.4, 0.5) is 5.82 Å². The molecule has 1 saturated carbocycles. The number of hydrogen-bond acceptors (Lipinski definition) is 4. The van der Waals surface area contributed by atoms with E-state index < -0.39 is 0 Å². The highest BCUT2D eigenvalue weighted by Crippen LogP contribution is 2.39. The Kier molecular flexibility index (Phi) is 4.16. The number of aromatic amines is 2. The van der Waals surface area contributed by atoms with Gasteiger partial charge in [0.1, 0.15) is 11.6 Å². The Morgan fingerprint density at radius 2 is 2.23 bits per heavy atom. The number of aromatic nitrogens is 3. The summed E-state index contributed by atoms with van der Waals surface area (Å²) >= 11 is 6.39. The molecule has 0 saturated heterocycles. The summed E-state index contributed by atoms with van der Waals surface area (Å²) in [5, 5.41) is 16.5. The van der Waals surface area contributed by atoms with Gasteiger partial charge in [-0.2, -0.15) is 5.10 Å². The van der Waals surface area contributed by atoms with Gasteiger partial charge in [0, 0.05) is 34.3 Å². The lowest BCUT2D eigenvalue weighted by molar-refractivity contribution is 0.537. The Morgan fingerprint density at radius 3 is 3.00 bits per heavy atom. The predicted octanol–water partition coefficient (Wildman–Crippen LogP) is 4.17. The number of benzene rings is 1. The summed E-state index contributed by atoms with van der Waals surface area (Å²) < 4.78 is 5.57. The molecule has 0 aliphatic heterocycles. The van der Waals surface area contributed by atoms with Crippen LogP contribution in [0, 0.1) is 12.3 Å². The van der Waals surface area contributed by atoms with Crippen molar-refractivity contribution >= 4 is 40.1 Å². The van der Waals surface area contributed by atoms with E-state index in [2.05, 4.69) is 20.2 Å². The SMILES string of the molecule is Cc1cc2c(Cl)c(OC(=N)CC(N)=Nc3cc(C4CC4)[nH]n3)ccc2[nH]1. The van der Waals surface area contributed by atoms with E-state index in [0.717, 1.165) is 22.3 Å². The topological polar surface area (TPSA) is 116 Å². The Labute approximate surface area is 155 Å². The number of aliphatic imine (C=N–C) groups is 1. The summed E-state index contributed by atoms with van der Waals surface area (Å²) in [4.78, 5) is 7.45. The zero-order chi connectivity index (χ0) is 18.3. The van der Waals surface area contributed by atoms with E-state index in [1.54, 1.807) is 6.07 Å². The molecule has 1 fully saturated rings. The Balaban J connectivity index is 1.44. The van der Waals surface area contributed by atoms with Gasteiger partial charge in [0.15, 0.2) is 11.7 Å². The number of halogens is 1. The number of fused-ring (bicyclic) bond motifs is 1. The molecule has 0 bridgehead atoms. The number of H-pyrrole nitrogens is 2. The van der Waals surface area contributed by atoms with Crippen LogP contribution in [0.2, 0.25) is 5.02 Å². The van der Waals surface area contributed by atoms with Crippen LogP contribution in [0.5, 0.6) is 5.75 Å². The molecule has 134 valence electrons. The van der Waals surface area contributed by atoms with E-state index in [-0.39, 0.29) is 18.2 Å². The number of hydrogen-bond donors (Lipinski definition) is 4. The summed E-state index contributed by atoms with van der Waals surface area (Å²) in [5.41, 5.74) is 8.96. The Hall–Kier alpha value is -2.80. The van der Waals surface area contributed by atoms with Crippen LogP contribution >= 0.6 is 11.6 Å². The normalized spacial score (nSPS) is 14.8. The van der Waals surface area contributed by atoms with E-state index in [1.165, 1.54) is 12.8 Å². The van der Waals surface area contributed by atoms with Gasteiger partial charge in [0.05, 0.1) is 11.4 Å². The van der Waals surface area contributed by atoms with Gasteiger partial charge in [0.2, 0.25) is 0 Å². The molecule has 7 nitrogen and oxygen atoms in total. The molecule has 3 aromatic rings. The maximum absolute atomic E-state index is 8.04. The smallest absolute Gasteiger partial charge is 0.195 e. The van der Waals surface area contributed by atoms with Gasteiger partial charge in [-0.25, -0.2) is 4.99 Å². The third kappa shape index (κ3) is 3.43. The van der Waals surface area contributed by atoms with Gasteiger partial charge < -0.3 is 15.5 Å². The minimum absolute atomic E-state index is 0.0299. The van der Waals surface area contributed by atoms with Crippen LogP contribution in [-0.4, -0.2) is 26.9 Å². The lowest BCUT2D eigenvalue weighted by atomic mass is 10.2. The third-order valence-electron chi connectivity index (χ3n) is 4.27. The van der Waals surface area contributed by atoms with Crippen molar-refractivity contribution in [2.45, 2.75) is 32.1 Å². The average Bonchev–Trinajstić information content (AvgIpc) is 3.21. The van der Waals surface area contributed by atoms with Crippen molar-refractivity contribution in [1.29, 1.82) is 5.41 Å². The second kappa shape index (κ2) is 6.49. The summed E-state index contributed by atoms with van der Waals surface area (Å²) in [5.74, 6) is 1.76. The number of nitrogens with two attached hydrogens (primary N) is 1. The average molecular weight is 371 g/mol. The van der Waals surface area contributed by atoms with Gasteiger partial charge in [-0.3, -0.25) is 10.5 Å². The van der Waals surface area contributed by atoms with Crippen LogP contribution in [0.25, 0.3) is 10.9 Å². The molecule has 0 radical (unpaired) electrons. The van der Waals surface area contributed by atoms with Crippen LogP contribution in [0.3, 0.4) is 0 Å². The van der Waals surface area contributed by atoms with Crippen LogP contribution in [0.1, 0.15) is 36.6 Å². The molecule has 1 aliphatic rings. The largest absolute Gasteiger partial charge is 0.442 e. The molecule has 0 spiro atoms. The minimum Gasteiger partial charge on any atom is -0.442 e. The zero-order valence-electron chi connectivity index (χ0n) is 14.3. The molecule has 4 rings (SSSR count). The Bertz CT molecular complexity index is 1010. The molecule has 1 aromatic carbocycles. The quantitative estimate of drug-likeness (QED) is 0.399. The summed E-state index contributed by atoms with van der Waals surface area (Å²) in [6.45, 7) is 1.96. The number of rotatable bonds is 5. The molecule has 0 atom stereocenters. The highest BCUT2D eigenvalue weighted by atomic mass is 35.5. The van der Waals surface area contributed by atoms with Crippen molar-refractivity contribution in [1.82, 2.24) is 15.2 Å². The molecule has 0 amide bonds. The first kappa shape index (κ1) is 16.7. The molecule has 26 heavy (non-hydrogen) atoms. The van der Waals surface area contributed by atoms with Crippen LogP contribution < -0.4 is 10.5 Å². The molecule has 2 heterocycles. The van der Waals surface area contributed by atoms with E-state index in [9.17, 15) is 0 Å². The lowest BCUT2D eigenvalue weighted by Crippen LogP contribution is -2.20. The van der Waals surface area contributed by atoms with Crippen molar-refractivity contribution in [2.24, 2.45) is 10.7 Å². The Morgan fingerprint density at radius 1 is 1.42 bits per heavy atom. The minimum atomic E-state index is -0.0299. The number of ether oxygens (including phenoxy) is 1. The highest BCUT2D eigenvalue weighted by Gasteiger charge is 2.25. The standard InChI is InChI=1S/C18H19ClN6O/c1-9-6-11-12(22-9)4-5-14(18(11)19)26-16(21)8-15(20)23-17-7-13(24-25-17)10-2-3-10/h4-7,10,21-22H,2-3,8H2,1H3,(H3,20,23,24,25). The van der Waals surface area contributed by atoms with Crippen molar-refractivity contribution in [3.63, 3.8) is 0 Å². The monoisotopic (exact) mass is 370 g/mol. The molecular formula is C18H19ClN6O. The van der Waals surface area contributed by atoms with E-state index in [4.69, 9.17) is 27.5 Å². The molecular weight excluding hydrogens is 352 g/mol. The van der Waals surface area contributed by atoms with Gasteiger partial charge in [-0.1, -0.05) is 11.6 Å². The van der Waals surface area contributed by atoms with Crippen molar-refractivity contribution in [3.05, 3.63) is 40.7 Å². The first-order valence-electron chi connectivity index (χ1n) is 8.41. The van der Waals surface area contributed by atoms with E-state index in [1.807, 2.05) is 25.1 Å². The van der Waals surface area contributed by atoms with Crippen LogP contribution in [-0.2, 0) is 0 Å². The summed E-state index contributed by atoms with van der Waals surface area (Å²) in [6, 6.07) is 7.45. The summed E-state index contributed by atoms with van der Waals surface area (Å²) in [6.07, 6.45) is 2.45. The van der Waals surface area contributed by atoms with Crippen LogP contribution in [0.15, 0.2) is 29.3 Å². The molecule has 8 heteroatoms.